The van der Waals surface area contributed by atoms with E-state index in [1.807, 2.05) is 19.1 Å². The molecule has 0 radical (unpaired) electrons. The lowest BCUT2D eigenvalue weighted by atomic mass is 10.1. The van der Waals surface area contributed by atoms with Gasteiger partial charge < -0.3 is 20.1 Å². The first-order valence-corrected chi connectivity index (χ1v) is 8.03. The number of carbonyl (C=O) groups is 3. The van der Waals surface area contributed by atoms with Crippen LogP contribution < -0.4 is 15.0 Å². The number of carboxylic acids is 1. The standard InChI is InChI=1S/C19H18N2O5/c1-11-3-6-16-15(7-11)21(10-18(23)26-16)9-17(22)20-14-8-13(19(24)25)5-4-12(14)2/h3-8H,9-10H2,1-2H3,(H,20,22)(H,24,25). The van der Waals surface area contributed by atoms with E-state index in [-0.39, 0.29) is 24.6 Å². The van der Waals surface area contributed by atoms with Crippen LogP contribution in [0.3, 0.4) is 0 Å². The number of aromatic carboxylic acids is 1. The fourth-order valence-corrected chi connectivity index (χ4v) is 2.75. The molecule has 1 heterocycles. The molecule has 0 saturated heterocycles. The Balaban J connectivity index is 1.79. The third kappa shape index (κ3) is 3.66. The number of anilines is 2. The van der Waals surface area contributed by atoms with Crippen molar-refractivity contribution >= 4 is 29.2 Å². The van der Waals surface area contributed by atoms with Gasteiger partial charge in [-0.1, -0.05) is 12.1 Å². The van der Waals surface area contributed by atoms with Gasteiger partial charge in [0, 0.05) is 5.69 Å². The van der Waals surface area contributed by atoms with Gasteiger partial charge in [-0.2, -0.15) is 0 Å². The summed E-state index contributed by atoms with van der Waals surface area (Å²) in [5, 5.41) is 11.8. The molecule has 3 rings (SSSR count). The van der Waals surface area contributed by atoms with E-state index in [1.165, 1.54) is 12.1 Å². The summed E-state index contributed by atoms with van der Waals surface area (Å²) < 4.78 is 5.20. The van der Waals surface area contributed by atoms with Crippen molar-refractivity contribution in [1.82, 2.24) is 0 Å². The fourth-order valence-electron chi connectivity index (χ4n) is 2.75. The number of hydrogen-bond acceptors (Lipinski definition) is 5. The van der Waals surface area contributed by atoms with Crippen LogP contribution in [0.1, 0.15) is 21.5 Å². The summed E-state index contributed by atoms with van der Waals surface area (Å²) >= 11 is 0. The monoisotopic (exact) mass is 354 g/mol. The van der Waals surface area contributed by atoms with E-state index in [4.69, 9.17) is 9.84 Å². The van der Waals surface area contributed by atoms with Crippen LogP contribution in [-0.2, 0) is 9.59 Å². The van der Waals surface area contributed by atoms with Gasteiger partial charge in [-0.25, -0.2) is 9.59 Å². The smallest absolute Gasteiger partial charge is 0.335 e. The number of esters is 1. The van der Waals surface area contributed by atoms with Gasteiger partial charge in [0.2, 0.25) is 5.91 Å². The molecule has 26 heavy (non-hydrogen) atoms. The molecule has 1 aliphatic rings. The van der Waals surface area contributed by atoms with Crippen LogP contribution >= 0.6 is 0 Å². The Morgan fingerprint density at radius 3 is 2.69 bits per heavy atom. The first-order chi connectivity index (χ1) is 12.3. The second-order valence-electron chi connectivity index (χ2n) is 6.18. The Bertz CT molecular complexity index is 907. The summed E-state index contributed by atoms with van der Waals surface area (Å²) in [4.78, 5) is 37.0. The van der Waals surface area contributed by atoms with Crippen LogP contribution in [0.5, 0.6) is 5.75 Å². The molecule has 7 heteroatoms. The minimum Gasteiger partial charge on any atom is -0.478 e. The molecule has 0 spiro atoms. The quantitative estimate of drug-likeness (QED) is 0.646. The van der Waals surface area contributed by atoms with Crippen LogP contribution in [0.4, 0.5) is 11.4 Å². The molecule has 2 aromatic carbocycles. The summed E-state index contributed by atoms with van der Waals surface area (Å²) in [6.45, 7) is 3.61. The number of carbonyl (C=O) groups excluding carboxylic acids is 2. The first kappa shape index (κ1) is 17.5. The van der Waals surface area contributed by atoms with E-state index in [2.05, 4.69) is 5.32 Å². The van der Waals surface area contributed by atoms with E-state index in [1.54, 1.807) is 24.0 Å². The summed E-state index contributed by atoms with van der Waals surface area (Å²) in [7, 11) is 0. The zero-order chi connectivity index (χ0) is 18.8. The zero-order valence-corrected chi connectivity index (χ0v) is 14.4. The van der Waals surface area contributed by atoms with Gasteiger partial charge >= 0.3 is 11.9 Å². The second-order valence-corrected chi connectivity index (χ2v) is 6.18. The van der Waals surface area contributed by atoms with Crippen molar-refractivity contribution < 1.29 is 24.2 Å². The number of carboxylic acid groups (broad SMARTS) is 1. The summed E-state index contributed by atoms with van der Waals surface area (Å²) in [5.41, 5.74) is 2.93. The highest BCUT2D eigenvalue weighted by molar-refractivity contribution is 5.98. The van der Waals surface area contributed by atoms with Gasteiger partial charge in [0.1, 0.15) is 6.54 Å². The second kappa shape index (κ2) is 6.87. The van der Waals surface area contributed by atoms with E-state index in [9.17, 15) is 14.4 Å². The molecule has 1 amide bonds. The Hall–Kier alpha value is -3.35. The van der Waals surface area contributed by atoms with Gasteiger partial charge in [0.15, 0.2) is 5.75 Å². The van der Waals surface area contributed by atoms with Crippen molar-refractivity contribution in [2.45, 2.75) is 13.8 Å². The molecule has 0 aromatic heterocycles. The predicted octanol–water partition coefficient (Wildman–Crippen LogP) is 2.37. The molecule has 0 aliphatic carbocycles. The summed E-state index contributed by atoms with van der Waals surface area (Å²) in [6, 6.07) is 9.91. The van der Waals surface area contributed by atoms with Gasteiger partial charge in [0.05, 0.1) is 17.8 Å². The van der Waals surface area contributed by atoms with E-state index < -0.39 is 11.9 Å². The Morgan fingerprint density at radius 2 is 1.96 bits per heavy atom. The van der Waals surface area contributed by atoms with Crippen molar-refractivity contribution in [2.24, 2.45) is 0 Å². The van der Waals surface area contributed by atoms with E-state index in [0.717, 1.165) is 11.1 Å². The lowest BCUT2D eigenvalue weighted by Gasteiger charge is -2.29. The van der Waals surface area contributed by atoms with E-state index >= 15 is 0 Å². The molecule has 0 fully saturated rings. The van der Waals surface area contributed by atoms with Crippen LogP contribution in [0.15, 0.2) is 36.4 Å². The molecular formula is C19H18N2O5. The van der Waals surface area contributed by atoms with Crippen LogP contribution in [-0.4, -0.2) is 36.0 Å². The van der Waals surface area contributed by atoms with Gasteiger partial charge in [-0.15, -0.1) is 0 Å². The number of ether oxygens (including phenoxy) is 1. The largest absolute Gasteiger partial charge is 0.478 e. The Kier molecular flexibility index (Phi) is 4.62. The van der Waals surface area contributed by atoms with Gasteiger partial charge in [-0.05, 0) is 49.2 Å². The normalized spacial score (nSPS) is 13.0. The summed E-state index contributed by atoms with van der Waals surface area (Å²) in [5.74, 6) is -1.43. The highest BCUT2D eigenvalue weighted by atomic mass is 16.5. The maximum Gasteiger partial charge on any atom is 0.335 e. The molecule has 1 aliphatic heterocycles. The molecule has 0 saturated carbocycles. The first-order valence-electron chi connectivity index (χ1n) is 8.03. The molecule has 7 nitrogen and oxygen atoms in total. The minimum absolute atomic E-state index is 0.0297. The molecule has 0 bridgehead atoms. The van der Waals surface area contributed by atoms with Crippen LogP contribution in [0.2, 0.25) is 0 Å². The maximum atomic E-state index is 12.5. The lowest BCUT2D eigenvalue weighted by molar-refractivity contribution is -0.133. The predicted molar refractivity (Wildman–Crippen MR) is 95.8 cm³/mol. The third-order valence-electron chi connectivity index (χ3n) is 4.09. The number of nitrogens with one attached hydrogen (secondary N) is 1. The minimum atomic E-state index is -1.07. The van der Waals surface area contributed by atoms with Gasteiger partial charge in [-0.3, -0.25) is 4.79 Å². The number of amides is 1. The van der Waals surface area contributed by atoms with Crippen LogP contribution in [0.25, 0.3) is 0 Å². The van der Waals surface area contributed by atoms with Crippen molar-refractivity contribution in [1.29, 1.82) is 0 Å². The lowest BCUT2D eigenvalue weighted by Crippen LogP contribution is -2.41. The number of aryl methyl sites for hydroxylation is 2. The molecular weight excluding hydrogens is 336 g/mol. The fraction of sp³-hybridized carbons (Fsp3) is 0.211. The van der Waals surface area contributed by atoms with Gasteiger partial charge in [0.25, 0.3) is 0 Å². The number of hydrogen-bond donors (Lipinski definition) is 2. The number of nitrogens with zero attached hydrogens (tertiary/aromatic N) is 1. The van der Waals surface area contributed by atoms with Crippen molar-refractivity contribution in [3.05, 3.63) is 53.1 Å². The zero-order valence-electron chi connectivity index (χ0n) is 14.4. The molecule has 2 N–H and O–H groups in total. The average molecular weight is 354 g/mol. The molecule has 134 valence electrons. The highest BCUT2D eigenvalue weighted by Gasteiger charge is 2.26. The molecule has 0 unspecified atom stereocenters. The SMILES string of the molecule is Cc1ccc2c(c1)N(CC(=O)Nc1cc(C(=O)O)ccc1C)CC(=O)O2. The Morgan fingerprint density at radius 1 is 1.19 bits per heavy atom. The van der Waals surface area contributed by atoms with E-state index in [0.29, 0.717) is 17.1 Å². The Labute approximate surface area is 150 Å². The number of benzene rings is 2. The van der Waals surface area contributed by atoms with Crippen molar-refractivity contribution in [3.8, 4) is 5.75 Å². The maximum absolute atomic E-state index is 12.5. The molecule has 0 atom stereocenters. The highest BCUT2D eigenvalue weighted by Crippen LogP contribution is 2.32. The van der Waals surface area contributed by atoms with Crippen molar-refractivity contribution in [2.75, 3.05) is 23.3 Å². The number of fused-ring (bicyclic) bond motifs is 1. The molecule has 2 aromatic rings. The third-order valence-corrected chi connectivity index (χ3v) is 4.09. The van der Waals surface area contributed by atoms with Crippen LogP contribution in [0, 0.1) is 13.8 Å². The summed E-state index contributed by atoms with van der Waals surface area (Å²) in [6.07, 6.45) is 0. The topological polar surface area (TPSA) is 95.9 Å². The van der Waals surface area contributed by atoms with Crippen molar-refractivity contribution in [3.63, 3.8) is 0 Å². The number of rotatable bonds is 4. The average Bonchev–Trinajstić information content (AvgIpc) is 2.57.